The molecule has 1 saturated heterocycles. The topological polar surface area (TPSA) is 34.6 Å². The van der Waals surface area contributed by atoms with Crippen molar-refractivity contribution in [3.63, 3.8) is 0 Å². The molecule has 0 unspecified atom stereocenters. The number of aromatic nitrogens is 1. The van der Waals surface area contributed by atoms with E-state index in [-0.39, 0.29) is 0 Å². The van der Waals surface area contributed by atoms with E-state index in [9.17, 15) is 0 Å². The maximum Gasteiger partial charge on any atom is 0.123 e. The summed E-state index contributed by atoms with van der Waals surface area (Å²) in [4.78, 5) is 6.86. The van der Waals surface area contributed by atoms with Crippen molar-refractivity contribution >= 4 is 0 Å². The van der Waals surface area contributed by atoms with Gasteiger partial charge in [-0.15, -0.1) is 0 Å². The van der Waals surface area contributed by atoms with E-state index in [0.717, 1.165) is 50.5 Å². The number of benzene rings is 1. The zero-order valence-electron chi connectivity index (χ0n) is 13.6. The molecule has 1 atom stereocenters. The molecule has 0 bridgehead atoms. The Hall–Kier alpha value is -1.91. The molecule has 0 amide bonds. The van der Waals surface area contributed by atoms with E-state index in [0.29, 0.717) is 6.10 Å². The molecule has 1 aliphatic heterocycles. The van der Waals surface area contributed by atoms with Crippen molar-refractivity contribution < 1.29 is 9.47 Å². The smallest absolute Gasteiger partial charge is 0.123 e. The molecule has 1 aromatic carbocycles. The summed E-state index contributed by atoms with van der Waals surface area (Å²) in [6, 6.07) is 14.3. The van der Waals surface area contributed by atoms with E-state index in [1.54, 1.807) is 7.11 Å². The highest BCUT2D eigenvalue weighted by atomic mass is 16.5. The van der Waals surface area contributed by atoms with Gasteiger partial charge in [-0.3, -0.25) is 9.88 Å². The van der Waals surface area contributed by atoms with Crippen LogP contribution in [0.4, 0.5) is 0 Å². The molecule has 4 heteroatoms. The maximum absolute atomic E-state index is 5.82. The standard InChI is InChI=1S/C19H24N2O2/c1-22-19-10-3-2-7-16(19)13-21(15-18-9-6-12-23-18)14-17-8-4-5-11-20-17/h2-5,7-8,10-11,18H,6,9,12-15H2,1H3/t18-/m0/s1. The second-order valence-electron chi connectivity index (χ2n) is 5.94. The molecular weight excluding hydrogens is 288 g/mol. The number of hydrogen-bond acceptors (Lipinski definition) is 4. The lowest BCUT2D eigenvalue weighted by atomic mass is 10.1. The van der Waals surface area contributed by atoms with Gasteiger partial charge in [0.1, 0.15) is 5.75 Å². The van der Waals surface area contributed by atoms with Gasteiger partial charge < -0.3 is 9.47 Å². The number of para-hydroxylation sites is 1. The molecule has 2 aromatic rings. The Bertz CT molecular complexity index is 597. The van der Waals surface area contributed by atoms with Crippen LogP contribution in [0.3, 0.4) is 0 Å². The highest BCUT2D eigenvalue weighted by molar-refractivity contribution is 5.33. The minimum Gasteiger partial charge on any atom is -0.496 e. The second kappa shape index (κ2) is 8.09. The van der Waals surface area contributed by atoms with Gasteiger partial charge in [0, 0.05) is 38.0 Å². The summed E-state index contributed by atoms with van der Waals surface area (Å²) in [5.74, 6) is 0.936. The van der Waals surface area contributed by atoms with Gasteiger partial charge in [-0.05, 0) is 31.0 Å². The monoisotopic (exact) mass is 312 g/mol. The van der Waals surface area contributed by atoms with Gasteiger partial charge in [0.05, 0.1) is 18.9 Å². The summed E-state index contributed by atoms with van der Waals surface area (Å²) < 4.78 is 11.3. The predicted octanol–water partition coefficient (Wildman–Crippen LogP) is 3.27. The third kappa shape index (κ3) is 4.53. The average molecular weight is 312 g/mol. The molecule has 122 valence electrons. The average Bonchev–Trinajstić information content (AvgIpc) is 3.09. The van der Waals surface area contributed by atoms with Gasteiger partial charge in [0.15, 0.2) is 0 Å². The molecule has 1 fully saturated rings. The molecule has 23 heavy (non-hydrogen) atoms. The lowest BCUT2D eigenvalue weighted by molar-refractivity contribution is 0.0672. The zero-order valence-corrected chi connectivity index (χ0v) is 13.6. The molecule has 0 spiro atoms. The fourth-order valence-electron chi connectivity index (χ4n) is 3.06. The SMILES string of the molecule is COc1ccccc1CN(Cc1ccccn1)C[C@@H]1CCCO1. The van der Waals surface area contributed by atoms with Crippen molar-refractivity contribution in [3.05, 3.63) is 59.9 Å². The molecule has 3 rings (SSSR count). The van der Waals surface area contributed by atoms with E-state index in [1.807, 2.05) is 30.5 Å². The molecule has 0 radical (unpaired) electrons. The molecule has 0 aliphatic carbocycles. The van der Waals surface area contributed by atoms with Crippen molar-refractivity contribution in [3.8, 4) is 5.75 Å². The predicted molar refractivity (Wildman–Crippen MR) is 90.3 cm³/mol. The van der Waals surface area contributed by atoms with Gasteiger partial charge in [0.25, 0.3) is 0 Å². The van der Waals surface area contributed by atoms with Crippen LogP contribution in [0.15, 0.2) is 48.7 Å². The first kappa shape index (κ1) is 16.0. The van der Waals surface area contributed by atoms with Crippen LogP contribution in [0.5, 0.6) is 5.75 Å². The van der Waals surface area contributed by atoms with E-state index < -0.39 is 0 Å². The largest absolute Gasteiger partial charge is 0.496 e. The number of ether oxygens (including phenoxy) is 2. The number of methoxy groups -OCH3 is 1. The summed E-state index contributed by atoms with van der Waals surface area (Å²) in [6.45, 7) is 3.46. The van der Waals surface area contributed by atoms with E-state index in [1.165, 1.54) is 5.56 Å². The summed E-state index contributed by atoms with van der Waals surface area (Å²) in [5, 5.41) is 0. The normalized spacial score (nSPS) is 17.6. The van der Waals surface area contributed by atoms with Gasteiger partial charge in [-0.25, -0.2) is 0 Å². The zero-order chi connectivity index (χ0) is 15.9. The molecule has 0 N–H and O–H groups in total. The van der Waals surface area contributed by atoms with Crippen molar-refractivity contribution in [1.29, 1.82) is 0 Å². The highest BCUT2D eigenvalue weighted by Gasteiger charge is 2.20. The Balaban J connectivity index is 1.73. The minimum atomic E-state index is 0.327. The first-order valence-corrected chi connectivity index (χ1v) is 8.21. The van der Waals surface area contributed by atoms with E-state index >= 15 is 0 Å². The third-order valence-corrected chi connectivity index (χ3v) is 4.18. The Morgan fingerprint density at radius 1 is 1.17 bits per heavy atom. The van der Waals surface area contributed by atoms with Gasteiger partial charge in [0.2, 0.25) is 0 Å². The van der Waals surface area contributed by atoms with E-state index in [2.05, 4.69) is 28.1 Å². The van der Waals surface area contributed by atoms with Gasteiger partial charge in [-0.1, -0.05) is 24.3 Å². The van der Waals surface area contributed by atoms with Crippen molar-refractivity contribution in [2.75, 3.05) is 20.3 Å². The Morgan fingerprint density at radius 3 is 2.78 bits per heavy atom. The molecule has 1 aliphatic rings. The summed E-state index contributed by atoms with van der Waals surface area (Å²) in [6.07, 6.45) is 4.48. The Morgan fingerprint density at radius 2 is 2.04 bits per heavy atom. The summed E-state index contributed by atoms with van der Waals surface area (Å²) in [7, 11) is 1.72. The summed E-state index contributed by atoms with van der Waals surface area (Å²) in [5.41, 5.74) is 2.28. The molecule has 0 saturated carbocycles. The van der Waals surface area contributed by atoms with Crippen LogP contribution in [0, 0.1) is 0 Å². The van der Waals surface area contributed by atoms with E-state index in [4.69, 9.17) is 9.47 Å². The number of rotatable bonds is 7. The maximum atomic E-state index is 5.82. The Kier molecular flexibility index (Phi) is 5.61. The quantitative estimate of drug-likeness (QED) is 0.786. The van der Waals surface area contributed by atoms with Crippen molar-refractivity contribution in [2.24, 2.45) is 0 Å². The van der Waals surface area contributed by atoms with Crippen LogP contribution in [0.1, 0.15) is 24.1 Å². The van der Waals surface area contributed by atoms with Crippen LogP contribution in [-0.4, -0.2) is 36.2 Å². The lowest BCUT2D eigenvalue weighted by Crippen LogP contribution is -2.31. The first-order valence-electron chi connectivity index (χ1n) is 8.21. The van der Waals surface area contributed by atoms with Crippen LogP contribution >= 0.6 is 0 Å². The van der Waals surface area contributed by atoms with Crippen molar-refractivity contribution in [2.45, 2.75) is 32.0 Å². The molecule has 2 heterocycles. The molecular formula is C19H24N2O2. The number of pyridine rings is 1. The minimum absolute atomic E-state index is 0.327. The summed E-state index contributed by atoms with van der Waals surface area (Å²) >= 11 is 0. The van der Waals surface area contributed by atoms with Gasteiger partial charge in [-0.2, -0.15) is 0 Å². The third-order valence-electron chi connectivity index (χ3n) is 4.18. The molecule has 4 nitrogen and oxygen atoms in total. The van der Waals surface area contributed by atoms with Crippen LogP contribution in [0.2, 0.25) is 0 Å². The number of nitrogens with zero attached hydrogens (tertiary/aromatic N) is 2. The molecule has 1 aromatic heterocycles. The number of hydrogen-bond donors (Lipinski definition) is 0. The second-order valence-corrected chi connectivity index (χ2v) is 5.94. The van der Waals surface area contributed by atoms with Crippen LogP contribution in [-0.2, 0) is 17.8 Å². The highest BCUT2D eigenvalue weighted by Crippen LogP contribution is 2.22. The first-order chi connectivity index (χ1) is 11.3. The van der Waals surface area contributed by atoms with Crippen LogP contribution < -0.4 is 4.74 Å². The lowest BCUT2D eigenvalue weighted by Gasteiger charge is -2.25. The van der Waals surface area contributed by atoms with Crippen molar-refractivity contribution in [1.82, 2.24) is 9.88 Å². The van der Waals surface area contributed by atoms with Crippen LogP contribution in [0.25, 0.3) is 0 Å². The Labute approximate surface area is 138 Å². The fourth-order valence-corrected chi connectivity index (χ4v) is 3.06. The van der Waals surface area contributed by atoms with Gasteiger partial charge >= 0.3 is 0 Å². The fraction of sp³-hybridized carbons (Fsp3) is 0.421.